The number of carbonyl (C=O) groups excluding carboxylic acids is 1. The molecule has 2 aliphatic rings. The summed E-state index contributed by atoms with van der Waals surface area (Å²) in [6.07, 6.45) is -1.22. The molecule has 0 radical (unpaired) electrons. The summed E-state index contributed by atoms with van der Waals surface area (Å²) >= 11 is 0. The van der Waals surface area contributed by atoms with Crippen molar-refractivity contribution < 1.29 is 24.5 Å². The van der Waals surface area contributed by atoms with Crippen LogP contribution >= 0.6 is 0 Å². The van der Waals surface area contributed by atoms with Crippen LogP contribution in [0, 0.1) is 0 Å². The Kier molecular flexibility index (Phi) is 3.83. The number of rotatable bonds is 4. The molecule has 0 unspecified atom stereocenters. The topological polar surface area (TPSA) is 87.1 Å². The van der Waals surface area contributed by atoms with E-state index < -0.39 is 24.2 Å². The summed E-state index contributed by atoms with van der Waals surface area (Å²) in [7, 11) is 0. The molecule has 0 saturated carbocycles. The molecular formula is C20H19NO5. The van der Waals surface area contributed by atoms with Crippen molar-refractivity contribution in [3.63, 3.8) is 0 Å². The molecule has 1 aliphatic carbocycles. The lowest BCUT2D eigenvalue weighted by atomic mass is 9.98. The standard InChI is InChI=1S/C20H19NO5/c22-12-9-18(19(23)24)21(10-12)20(25)26-11-17-15-7-3-1-5-13(15)14-6-2-4-8-16(14)17/h1-8,12,17-18,22H,9-11H2,(H,23,24)/t12-,18+/m1/s1/i22D. The first kappa shape index (κ1) is 15.4. The molecule has 2 aromatic rings. The number of β-amino-alcohol motifs (C(OH)–C–C–N with tert-alkyl or cyclic N) is 1. The summed E-state index contributed by atoms with van der Waals surface area (Å²) in [6, 6.07) is 15.0. The Morgan fingerprint density at radius 1 is 1.12 bits per heavy atom. The molecule has 1 amide bonds. The quantitative estimate of drug-likeness (QED) is 0.881. The van der Waals surface area contributed by atoms with Crippen molar-refractivity contribution in [2.75, 3.05) is 13.2 Å². The molecule has 2 atom stereocenters. The zero-order valence-corrected chi connectivity index (χ0v) is 14.0. The Hall–Kier alpha value is -2.86. The van der Waals surface area contributed by atoms with Crippen molar-refractivity contribution in [1.82, 2.24) is 4.90 Å². The van der Waals surface area contributed by atoms with E-state index in [0.717, 1.165) is 27.2 Å². The van der Waals surface area contributed by atoms with Crippen molar-refractivity contribution >= 4 is 12.1 Å². The molecule has 1 saturated heterocycles. The minimum absolute atomic E-state index is 0.0388. The predicted octanol–water partition coefficient (Wildman–Crippen LogP) is 2.46. The van der Waals surface area contributed by atoms with Gasteiger partial charge in [0.1, 0.15) is 12.6 Å². The van der Waals surface area contributed by atoms with Gasteiger partial charge in [0.15, 0.2) is 0 Å². The van der Waals surface area contributed by atoms with Gasteiger partial charge in [-0.25, -0.2) is 9.59 Å². The van der Waals surface area contributed by atoms with E-state index in [2.05, 4.69) is 5.11 Å². The lowest BCUT2D eigenvalue weighted by Gasteiger charge is -2.22. The fourth-order valence-corrected chi connectivity index (χ4v) is 3.91. The summed E-state index contributed by atoms with van der Waals surface area (Å²) in [5.41, 5.74) is 4.44. The highest BCUT2D eigenvalue weighted by molar-refractivity contribution is 5.81. The van der Waals surface area contributed by atoms with Crippen LogP contribution in [0.3, 0.4) is 0 Å². The van der Waals surface area contributed by atoms with Gasteiger partial charge in [0.25, 0.3) is 0 Å². The molecule has 4 rings (SSSR count). The molecule has 6 nitrogen and oxygen atoms in total. The number of nitrogens with zero attached hydrogens (tertiary/aromatic N) is 1. The van der Waals surface area contributed by atoms with Gasteiger partial charge in [-0.1, -0.05) is 48.5 Å². The van der Waals surface area contributed by atoms with Crippen molar-refractivity contribution in [3.8, 4) is 11.1 Å². The Morgan fingerprint density at radius 2 is 1.73 bits per heavy atom. The average molecular weight is 354 g/mol. The van der Waals surface area contributed by atoms with Gasteiger partial charge >= 0.3 is 12.1 Å². The van der Waals surface area contributed by atoms with Crippen LogP contribution in [0.15, 0.2) is 48.5 Å². The van der Waals surface area contributed by atoms with Gasteiger partial charge in [-0.15, -0.1) is 0 Å². The van der Waals surface area contributed by atoms with Crippen LogP contribution in [0.2, 0.25) is 0 Å². The highest BCUT2D eigenvalue weighted by atomic mass is 16.6. The lowest BCUT2D eigenvalue weighted by Crippen LogP contribution is -2.41. The van der Waals surface area contributed by atoms with Crippen LogP contribution in [0.25, 0.3) is 11.1 Å². The Bertz CT molecular complexity index is 841. The monoisotopic (exact) mass is 354 g/mol. The third kappa shape index (κ3) is 2.72. The first-order chi connectivity index (χ1) is 13.1. The van der Waals surface area contributed by atoms with E-state index >= 15 is 0 Å². The third-order valence-corrected chi connectivity index (χ3v) is 5.12. The normalized spacial score (nSPS) is 21.8. The van der Waals surface area contributed by atoms with Crippen molar-refractivity contribution in [2.45, 2.75) is 24.5 Å². The molecule has 0 spiro atoms. The molecule has 1 aliphatic heterocycles. The summed E-state index contributed by atoms with van der Waals surface area (Å²) in [5, 5.41) is 13.8. The molecule has 1 fully saturated rings. The van der Waals surface area contributed by atoms with Gasteiger partial charge in [-0.05, 0) is 22.3 Å². The Balaban J connectivity index is 1.52. The Morgan fingerprint density at radius 3 is 2.31 bits per heavy atom. The maximum atomic E-state index is 12.5. The zero-order valence-electron chi connectivity index (χ0n) is 15.0. The van der Waals surface area contributed by atoms with Crippen LogP contribution in [0.1, 0.15) is 23.5 Å². The van der Waals surface area contributed by atoms with Crippen LogP contribution in [0.4, 0.5) is 4.79 Å². The van der Waals surface area contributed by atoms with Gasteiger partial charge in [0.2, 0.25) is 1.43 Å². The first-order valence-corrected chi connectivity index (χ1v) is 8.56. The molecule has 134 valence electrons. The average Bonchev–Trinajstić information content (AvgIpc) is 3.26. The third-order valence-electron chi connectivity index (χ3n) is 5.12. The molecule has 0 bridgehead atoms. The van der Waals surface area contributed by atoms with Gasteiger partial charge in [-0.2, -0.15) is 0 Å². The number of benzene rings is 2. The van der Waals surface area contributed by atoms with E-state index in [1.165, 1.54) is 0 Å². The second-order valence-corrected chi connectivity index (χ2v) is 6.67. The SMILES string of the molecule is [2H]O[C@@H]1C[C@@H](C(=O)O)N(C(=O)OCC2c3ccccc3-c3ccccc32)C1. The van der Waals surface area contributed by atoms with Crippen LogP contribution in [-0.2, 0) is 9.53 Å². The number of hydrogen-bond acceptors (Lipinski definition) is 4. The smallest absolute Gasteiger partial charge is 0.410 e. The van der Waals surface area contributed by atoms with E-state index in [1.54, 1.807) is 0 Å². The van der Waals surface area contributed by atoms with Crippen molar-refractivity contribution in [2.24, 2.45) is 0 Å². The molecule has 2 aromatic carbocycles. The molecule has 1 heterocycles. The zero-order chi connectivity index (χ0) is 19.0. The summed E-state index contributed by atoms with van der Waals surface area (Å²) < 4.78 is 12.5. The van der Waals surface area contributed by atoms with Gasteiger partial charge in [0.05, 0.1) is 12.6 Å². The second kappa shape index (κ2) is 6.46. The number of amides is 1. The summed E-state index contributed by atoms with van der Waals surface area (Å²) in [5.74, 6) is -1.21. The minimum atomic E-state index is -1.12. The second-order valence-electron chi connectivity index (χ2n) is 6.67. The van der Waals surface area contributed by atoms with Crippen molar-refractivity contribution in [1.29, 1.82) is 1.43 Å². The molecular weight excluding hydrogens is 334 g/mol. The number of carboxylic acids is 1. The number of carbonyl (C=O) groups is 2. The highest BCUT2D eigenvalue weighted by Gasteiger charge is 2.40. The number of aliphatic hydroxyl groups is 1. The fraction of sp³-hybridized carbons (Fsp3) is 0.300. The summed E-state index contributed by atoms with van der Waals surface area (Å²) in [4.78, 5) is 25.1. The number of aliphatic hydroxyl groups excluding tert-OH is 1. The number of carboxylic acid groups (broad SMARTS) is 1. The largest absolute Gasteiger partial charge is 0.480 e. The fourth-order valence-electron chi connectivity index (χ4n) is 3.91. The maximum Gasteiger partial charge on any atom is 0.410 e. The molecule has 6 heteroatoms. The van der Waals surface area contributed by atoms with Crippen LogP contribution in [0.5, 0.6) is 0 Å². The number of ether oxygens (including phenoxy) is 1. The van der Waals surface area contributed by atoms with Gasteiger partial charge in [-0.3, -0.25) is 4.90 Å². The van der Waals surface area contributed by atoms with E-state index in [9.17, 15) is 14.7 Å². The van der Waals surface area contributed by atoms with Crippen molar-refractivity contribution in [3.05, 3.63) is 59.7 Å². The maximum absolute atomic E-state index is 12.5. The van der Waals surface area contributed by atoms with Crippen LogP contribution < -0.4 is 0 Å². The van der Waals surface area contributed by atoms with E-state index in [0.29, 0.717) is 0 Å². The molecule has 0 aromatic heterocycles. The molecule has 2 N–H and O–H groups in total. The lowest BCUT2D eigenvalue weighted by molar-refractivity contribution is -0.141. The van der Waals surface area contributed by atoms with E-state index in [4.69, 9.17) is 6.17 Å². The van der Waals surface area contributed by atoms with E-state index in [-0.39, 0.29) is 25.5 Å². The Labute approximate surface area is 152 Å². The number of fused-ring (bicyclic) bond motifs is 3. The number of hydrogen-bond donors (Lipinski definition) is 2. The van der Waals surface area contributed by atoms with E-state index in [1.807, 2.05) is 48.5 Å². The minimum Gasteiger partial charge on any atom is -0.480 e. The molecule has 26 heavy (non-hydrogen) atoms. The predicted molar refractivity (Wildman–Crippen MR) is 93.8 cm³/mol. The number of likely N-dealkylation sites (tertiary alicyclic amines) is 1. The van der Waals surface area contributed by atoms with Gasteiger partial charge in [0, 0.05) is 12.3 Å². The first-order valence-electron chi connectivity index (χ1n) is 8.97. The van der Waals surface area contributed by atoms with Gasteiger partial charge < -0.3 is 15.0 Å². The van der Waals surface area contributed by atoms with Crippen LogP contribution in [-0.4, -0.2) is 53.9 Å². The highest BCUT2D eigenvalue weighted by Crippen LogP contribution is 2.44. The summed E-state index contributed by atoms with van der Waals surface area (Å²) in [6.45, 7) is 0.166. The number of aliphatic carboxylic acids is 1.